The summed E-state index contributed by atoms with van der Waals surface area (Å²) in [5, 5.41) is 14.2. The molecule has 7 nitrogen and oxygen atoms in total. The number of nitrogens with zero attached hydrogens (tertiary/aromatic N) is 4. The molecule has 178 valence electrons. The first kappa shape index (κ1) is 22.7. The number of aromatic hydroxyl groups is 1. The van der Waals surface area contributed by atoms with Crippen molar-refractivity contribution in [1.82, 2.24) is 20.1 Å². The second-order valence-electron chi connectivity index (χ2n) is 9.11. The molecular formula is C24H31ClFN5O2. The maximum atomic E-state index is 14.9. The molecule has 3 aliphatic rings. The van der Waals surface area contributed by atoms with Crippen molar-refractivity contribution >= 4 is 17.4 Å². The lowest BCUT2D eigenvalue weighted by Gasteiger charge is -2.41. The Hall–Kier alpha value is -2.13. The predicted octanol–water partition coefficient (Wildman–Crippen LogP) is 2.94. The maximum absolute atomic E-state index is 14.9. The zero-order valence-corrected chi connectivity index (χ0v) is 19.9. The molecule has 2 atom stereocenters. The molecule has 1 aromatic heterocycles. The molecule has 9 heteroatoms. The Balaban J connectivity index is 1.67. The maximum Gasteiger partial charge on any atom is 0.148 e. The van der Waals surface area contributed by atoms with Crippen LogP contribution < -0.4 is 15.0 Å². The third-order valence-corrected chi connectivity index (χ3v) is 7.43. The average Bonchev–Trinajstić information content (AvgIpc) is 3.01. The van der Waals surface area contributed by atoms with Gasteiger partial charge in [-0.3, -0.25) is 9.80 Å². The molecule has 5 rings (SSSR count). The lowest BCUT2D eigenvalue weighted by Crippen LogP contribution is -2.53. The van der Waals surface area contributed by atoms with E-state index in [0.717, 1.165) is 57.2 Å². The van der Waals surface area contributed by atoms with Gasteiger partial charge in [-0.1, -0.05) is 24.6 Å². The molecule has 33 heavy (non-hydrogen) atoms. The molecule has 0 radical (unpaired) electrons. The first-order chi connectivity index (χ1) is 16.0. The van der Waals surface area contributed by atoms with E-state index in [1.165, 1.54) is 18.2 Å². The second kappa shape index (κ2) is 9.25. The molecule has 2 fully saturated rings. The fourth-order valence-electron chi connectivity index (χ4n) is 5.20. The van der Waals surface area contributed by atoms with Crippen LogP contribution >= 0.6 is 11.6 Å². The Bertz CT molecular complexity index is 1020. The van der Waals surface area contributed by atoms with Crippen molar-refractivity contribution in [1.29, 1.82) is 0 Å². The van der Waals surface area contributed by atoms with E-state index in [4.69, 9.17) is 21.3 Å². The molecule has 2 aromatic rings. The molecule has 0 bridgehead atoms. The van der Waals surface area contributed by atoms with E-state index in [2.05, 4.69) is 33.9 Å². The Morgan fingerprint density at radius 2 is 2.15 bits per heavy atom. The summed E-state index contributed by atoms with van der Waals surface area (Å²) in [6.45, 7) is 11.9. The van der Waals surface area contributed by atoms with Gasteiger partial charge in [0.15, 0.2) is 0 Å². The van der Waals surface area contributed by atoms with Crippen LogP contribution in [0.15, 0.2) is 18.2 Å². The highest BCUT2D eigenvalue weighted by Crippen LogP contribution is 2.46. The number of ether oxygens (including phenoxy) is 1. The van der Waals surface area contributed by atoms with Crippen LogP contribution in [-0.2, 0) is 6.54 Å². The van der Waals surface area contributed by atoms with Crippen LogP contribution in [-0.4, -0.2) is 84.4 Å². The smallest absolute Gasteiger partial charge is 0.148 e. The molecule has 1 aromatic carbocycles. The number of benzene rings is 1. The van der Waals surface area contributed by atoms with Gasteiger partial charge in [0.05, 0.1) is 17.2 Å². The summed E-state index contributed by atoms with van der Waals surface area (Å²) in [6, 6.07) is 4.70. The van der Waals surface area contributed by atoms with E-state index < -0.39 is 5.82 Å². The summed E-state index contributed by atoms with van der Waals surface area (Å²) >= 11 is 6.84. The van der Waals surface area contributed by atoms with E-state index in [9.17, 15) is 9.50 Å². The Morgan fingerprint density at radius 3 is 2.91 bits per heavy atom. The molecule has 0 aliphatic carbocycles. The highest BCUT2D eigenvalue weighted by Gasteiger charge is 2.35. The van der Waals surface area contributed by atoms with Crippen molar-refractivity contribution in [2.45, 2.75) is 32.5 Å². The van der Waals surface area contributed by atoms with Gasteiger partial charge >= 0.3 is 0 Å². The van der Waals surface area contributed by atoms with Crippen LogP contribution in [0.1, 0.15) is 19.4 Å². The summed E-state index contributed by atoms with van der Waals surface area (Å²) in [7, 11) is 0. The molecule has 4 heterocycles. The van der Waals surface area contributed by atoms with Crippen LogP contribution in [0.25, 0.3) is 11.3 Å². The number of aromatic nitrogens is 1. The SMILES string of the molecule is CCN1CCN(c2nc(-c3c(O)cccc3F)c(Cl)c3c2CN2CCNC[C@@H]2CO3)[C@@H](C)C1. The van der Waals surface area contributed by atoms with Crippen molar-refractivity contribution in [2.75, 3.05) is 57.3 Å². The molecule has 2 saturated heterocycles. The molecule has 0 amide bonds. The summed E-state index contributed by atoms with van der Waals surface area (Å²) < 4.78 is 21.2. The van der Waals surface area contributed by atoms with Crippen molar-refractivity contribution in [3.8, 4) is 22.8 Å². The molecule has 2 N–H and O–H groups in total. The minimum atomic E-state index is -0.561. The van der Waals surface area contributed by atoms with E-state index in [0.29, 0.717) is 18.9 Å². The fourth-order valence-corrected chi connectivity index (χ4v) is 5.51. The van der Waals surface area contributed by atoms with Crippen LogP contribution in [0.4, 0.5) is 10.2 Å². The summed E-state index contributed by atoms with van der Waals surface area (Å²) in [6.07, 6.45) is 0. The largest absolute Gasteiger partial charge is 0.507 e. The molecule has 0 unspecified atom stereocenters. The van der Waals surface area contributed by atoms with E-state index >= 15 is 0 Å². The van der Waals surface area contributed by atoms with E-state index in [1.54, 1.807) is 0 Å². The van der Waals surface area contributed by atoms with Gasteiger partial charge in [-0.25, -0.2) is 9.37 Å². The lowest BCUT2D eigenvalue weighted by atomic mass is 10.0. The number of piperazine rings is 2. The highest BCUT2D eigenvalue weighted by molar-refractivity contribution is 6.35. The molecule has 0 saturated carbocycles. The zero-order valence-electron chi connectivity index (χ0n) is 19.2. The minimum absolute atomic E-state index is 0.0126. The third kappa shape index (κ3) is 4.14. The summed E-state index contributed by atoms with van der Waals surface area (Å²) in [5.74, 6) is 0.581. The van der Waals surface area contributed by atoms with E-state index in [1.807, 2.05) is 0 Å². The van der Waals surface area contributed by atoms with Gasteiger partial charge < -0.3 is 20.1 Å². The van der Waals surface area contributed by atoms with Gasteiger partial charge in [-0.2, -0.15) is 0 Å². The topological polar surface area (TPSA) is 64.1 Å². The van der Waals surface area contributed by atoms with Crippen LogP contribution in [0, 0.1) is 5.82 Å². The number of likely N-dealkylation sites (N-methyl/N-ethyl adjacent to an activating group) is 1. The van der Waals surface area contributed by atoms with Crippen molar-refractivity contribution in [2.24, 2.45) is 0 Å². The Labute approximate surface area is 199 Å². The Morgan fingerprint density at radius 1 is 1.30 bits per heavy atom. The quantitative estimate of drug-likeness (QED) is 0.707. The van der Waals surface area contributed by atoms with Crippen LogP contribution in [0.5, 0.6) is 11.5 Å². The second-order valence-corrected chi connectivity index (χ2v) is 9.49. The van der Waals surface area contributed by atoms with Crippen LogP contribution in [0.3, 0.4) is 0 Å². The van der Waals surface area contributed by atoms with Crippen LogP contribution in [0.2, 0.25) is 5.02 Å². The highest BCUT2D eigenvalue weighted by atomic mass is 35.5. The number of hydrogen-bond acceptors (Lipinski definition) is 7. The number of rotatable bonds is 3. The van der Waals surface area contributed by atoms with Gasteiger partial charge in [0, 0.05) is 51.9 Å². The number of fused-ring (bicyclic) bond motifs is 2. The lowest BCUT2D eigenvalue weighted by molar-refractivity contribution is 0.120. The number of phenolic OH excluding ortho intramolecular Hbond substituents is 1. The number of phenols is 1. The fraction of sp³-hybridized carbons (Fsp3) is 0.542. The van der Waals surface area contributed by atoms with Gasteiger partial charge in [-0.05, 0) is 25.6 Å². The Kier molecular flexibility index (Phi) is 6.35. The molecule has 0 spiro atoms. The summed E-state index contributed by atoms with van der Waals surface area (Å²) in [4.78, 5) is 12.1. The standard InChI is InChI=1S/C24H31ClFN5O2/c1-3-29-9-10-31(15(2)12-29)24-17-13-30-8-7-27-11-16(30)14-33-23(17)21(25)22(28-24)20-18(26)5-4-6-19(20)32/h4-6,15-16,27,32H,3,7-14H2,1-2H3/t15-,16+/m0/s1. The number of pyridine rings is 1. The van der Waals surface area contributed by atoms with Gasteiger partial charge in [0.25, 0.3) is 0 Å². The summed E-state index contributed by atoms with van der Waals surface area (Å²) in [5.41, 5.74) is 1.18. The van der Waals surface area contributed by atoms with Crippen molar-refractivity contribution < 1.29 is 14.2 Å². The molecular weight excluding hydrogens is 445 g/mol. The minimum Gasteiger partial charge on any atom is -0.507 e. The first-order valence-electron chi connectivity index (χ1n) is 11.7. The van der Waals surface area contributed by atoms with Crippen molar-refractivity contribution in [3.05, 3.63) is 34.6 Å². The third-order valence-electron chi connectivity index (χ3n) is 7.08. The number of anilines is 1. The monoisotopic (exact) mass is 475 g/mol. The first-order valence-corrected chi connectivity index (χ1v) is 12.1. The predicted molar refractivity (Wildman–Crippen MR) is 128 cm³/mol. The van der Waals surface area contributed by atoms with Gasteiger partial charge in [0.1, 0.15) is 40.5 Å². The van der Waals surface area contributed by atoms with Gasteiger partial charge in [-0.15, -0.1) is 0 Å². The number of hydrogen-bond donors (Lipinski definition) is 2. The number of halogens is 2. The van der Waals surface area contributed by atoms with E-state index in [-0.39, 0.29) is 34.1 Å². The molecule has 3 aliphatic heterocycles. The average molecular weight is 476 g/mol. The van der Waals surface area contributed by atoms with Gasteiger partial charge in [0.2, 0.25) is 0 Å². The zero-order chi connectivity index (χ0) is 23.1. The number of nitrogens with one attached hydrogen (secondary N) is 1. The van der Waals surface area contributed by atoms with Crippen molar-refractivity contribution in [3.63, 3.8) is 0 Å². The normalized spacial score (nSPS) is 24.1.